The highest BCUT2D eigenvalue weighted by Crippen LogP contribution is 2.39. The Morgan fingerprint density at radius 2 is 2.19 bits per heavy atom. The topological polar surface area (TPSA) is 49.3 Å². The van der Waals surface area contributed by atoms with Crippen LogP contribution in [0.1, 0.15) is 24.2 Å². The highest BCUT2D eigenvalue weighted by molar-refractivity contribution is 6.42. The molecule has 1 aromatic rings. The first-order chi connectivity index (χ1) is 7.50. The molecule has 86 valence electrons. The lowest BCUT2D eigenvalue weighted by Crippen LogP contribution is -2.36. The molecule has 0 aliphatic heterocycles. The number of benzene rings is 1. The van der Waals surface area contributed by atoms with E-state index in [0.717, 1.165) is 11.1 Å². The van der Waals surface area contributed by atoms with Gasteiger partial charge in [-0.15, -0.1) is 0 Å². The predicted octanol–water partition coefficient (Wildman–Crippen LogP) is 2.09. The summed E-state index contributed by atoms with van der Waals surface area (Å²) in [6.07, 6.45) is -0.205. The number of aliphatic hydroxyl groups excluding tert-OH is 1. The minimum Gasteiger partial charge on any atom is -0.386 e. The van der Waals surface area contributed by atoms with E-state index in [9.17, 15) is 9.90 Å². The minimum atomic E-state index is -0.714. The van der Waals surface area contributed by atoms with Gasteiger partial charge in [0.05, 0.1) is 22.2 Å². The van der Waals surface area contributed by atoms with E-state index in [1.807, 2.05) is 0 Å². The molecule has 0 heterocycles. The Bertz CT molecular complexity index is 448. The molecule has 2 rings (SSSR count). The van der Waals surface area contributed by atoms with Crippen LogP contribution in [0.15, 0.2) is 12.1 Å². The van der Waals surface area contributed by atoms with Crippen LogP contribution in [0.3, 0.4) is 0 Å². The Balaban J connectivity index is 2.34. The van der Waals surface area contributed by atoms with Gasteiger partial charge >= 0.3 is 0 Å². The molecular formula is C11H11Cl2NO2. The lowest BCUT2D eigenvalue weighted by atomic mass is 10.1. The Hall–Kier alpha value is -0.770. The molecule has 1 aliphatic rings. The van der Waals surface area contributed by atoms with Crippen LogP contribution in [0, 0.1) is 0 Å². The largest absolute Gasteiger partial charge is 0.386 e. The van der Waals surface area contributed by atoms with Gasteiger partial charge in [0.1, 0.15) is 0 Å². The van der Waals surface area contributed by atoms with Crippen molar-refractivity contribution < 1.29 is 9.90 Å². The van der Waals surface area contributed by atoms with Crippen LogP contribution < -0.4 is 5.32 Å². The zero-order chi connectivity index (χ0) is 11.9. The molecule has 16 heavy (non-hydrogen) atoms. The van der Waals surface area contributed by atoms with Crippen LogP contribution in [-0.2, 0) is 11.2 Å². The number of rotatable bonds is 1. The average molecular weight is 260 g/mol. The van der Waals surface area contributed by atoms with E-state index >= 15 is 0 Å². The number of fused-ring (bicyclic) bond motifs is 1. The van der Waals surface area contributed by atoms with Crippen LogP contribution >= 0.6 is 23.2 Å². The fourth-order valence-corrected chi connectivity index (χ4v) is 2.46. The standard InChI is InChI=1S/C11H11Cl2NO2/c1-5(15)14-9-4-7-6(11(9)16)2-3-8(12)10(7)13/h2-3,9,11,16H,4H2,1H3,(H,14,15)/t9-,11-/m1/s1. The molecule has 0 radical (unpaired) electrons. The van der Waals surface area contributed by atoms with Gasteiger partial charge in [-0.05, 0) is 23.6 Å². The molecular weight excluding hydrogens is 249 g/mol. The second-order valence-electron chi connectivity index (χ2n) is 3.89. The van der Waals surface area contributed by atoms with Crippen LogP contribution in [0.5, 0.6) is 0 Å². The summed E-state index contributed by atoms with van der Waals surface area (Å²) in [6, 6.07) is 3.08. The van der Waals surface area contributed by atoms with Gasteiger partial charge in [0, 0.05) is 6.92 Å². The molecule has 3 nitrogen and oxygen atoms in total. The number of carbonyl (C=O) groups excluding carboxylic acids is 1. The van der Waals surface area contributed by atoms with Crippen LogP contribution in [0.25, 0.3) is 0 Å². The first kappa shape index (κ1) is 11.7. The number of carbonyl (C=O) groups is 1. The first-order valence-corrected chi connectivity index (χ1v) is 5.68. The number of halogens is 2. The zero-order valence-electron chi connectivity index (χ0n) is 8.63. The summed E-state index contributed by atoms with van der Waals surface area (Å²) in [5.74, 6) is -0.168. The molecule has 0 spiro atoms. The SMILES string of the molecule is CC(=O)N[C@@H]1Cc2c(ccc(Cl)c2Cl)[C@H]1O. The fourth-order valence-electron chi connectivity index (χ4n) is 2.03. The molecule has 0 unspecified atom stereocenters. The second-order valence-corrected chi connectivity index (χ2v) is 4.67. The van der Waals surface area contributed by atoms with Gasteiger partial charge in [-0.1, -0.05) is 29.3 Å². The number of hydrogen-bond donors (Lipinski definition) is 2. The number of aliphatic hydroxyl groups is 1. The first-order valence-electron chi connectivity index (χ1n) is 4.92. The van der Waals surface area contributed by atoms with Gasteiger partial charge in [0.25, 0.3) is 0 Å². The molecule has 1 aromatic carbocycles. The second kappa shape index (κ2) is 4.24. The zero-order valence-corrected chi connectivity index (χ0v) is 10.1. The predicted molar refractivity (Wildman–Crippen MR) is 62.7 cm³/mol. The number of hydrogen-bond acceptors (Lipinski definition) is 2. The fraction of sp³-hybridized carbons (Fsp3) is 0.364. The molecule has 0 saturated carbocycles. The van der Waals surface area contributed by atoms with E-state index < -0.39 is 6.10 Å². The molecule has 2 atom stereocenters. The van der Waals surface area contributed by atoms with Gasteiger partial charge in [-0.3, -0.25) is 4.79 Å². The summed E-state index contributed by atoms with van der Waals surface area (Å²) in [7, 11) is 0. The van der Waals surface area contributed by atoms with Gasteiger partial charge in [-0.25, -0.2) is 0 Å². The van der Waals surface area contributed by atoms with E-state index in [1.54, 1.807) is 12.1 Å². The molecule has 1 aliphatic carbocycles. The van der Waals surface area contributed by atoms with Crippen molar-refractivity contribution >= 4 is 29.1 Å². The third-order valence-electron chi connectivity index (χ3n) is 2.74. The van der Waals surface area contributed by atoms with Gasteiger partial charge in [-0.2, -0.15) is 0 Å². The van der Waals surface area contributed by atoms with Gasteiger partial charge in [0.2, 0.25) is 5.91 Å². The lowest BCUT2D eigenvalue weighted by Gasteiger charge is -2.15. The third kappa shape index (κ3) is 1.90. The monoisotopic (exact) mass is 259 g/mol. The Labute approximate surface area is 103 Å². The summed E-state index contributed by atoms with van der Waals surface area (Å²) in [6.45, 7) is 1.42. The smallest absolute Gasteiger partial charge is 0.217 e. The highest BCUT2D eigenvalue weighted by atomic mass is 35.5. The van der Waals surface area contributed by atoms with Gasteiger partial charge in [0.15, 0.2) is 0 Å². The Kier molecular flexibility index (Phi) is 3.10. The van der Waals surface area contributed by atoms with Crippen LogP contribution in [0.2, 0.25) is 10.0 Å². The van der Waals surface area contributed by atoms with Crippen molar-refractivity contribution in [1.82, 2.24) is 5.32 Å². The summed E-state index contributed by atoms with van der Waals surface area (Å²) in [5, 5.41) is 13.6. The Morgan fingerprint density at radius 1 is 1.50 bits per heavy atom. The molecule has 2 N–H and O–H groups in total. The van der Waals surface area contributed by atoms with Crippen molar-refractivity contribution in [1.29, 1.82) is 0 Å². The normalized spacial score (nSPS) is 23.0. The minimum absolute atomic E-state index is 0.168. The molecule has 1 amide bonds. The van der Waals surface area contributed by atoms with E-state index in [-0.39, 0.29) is 11.9 Å². The van der Waals surface area contributed by atoms with Crippen LogP contribution in [-0.4, -0.2) is 17.1 Å². The molecule has 0 saturated heterocycles. The van der Waals surface area contributed by atoms with Crippen molar-refractivity contribution in [2.24, 2.45) is 0 Å². The van der Waals surface area contributed by atoms with E-state index in [2.05, 4.69) is 5.32 Å². The quantitative estimate of drug-likeness (QED) is 0.812. The van der Waals surface area contributed by atoms with Gasteiger partial charge < -0.3 is 10.4 Å². The molecule has 0 bridgehead atoms. The molecule has 0 aromatic heterocycles. The summed E-state index contributed by atoms with van der Waals surface area (Å²) in [5.41, 5.74) is 1.56. The average Bonchev–Trinajstić information content (AvgIpc) is 2.51. The summed E-state index contributed by atoms with van der Waals surface area (Å²) < 4.78 is 0. The van der Waals surface area contributed by atoms with E-state index in [0.29, 0.717) is 16.5 Å². The van der Waals surface area contributed by atoms with Crippen molar-refractivity contribution in [3.05, 3.63) is 33.3 Å². The summed E-state index contributed by atoms with van der Waals surface area (Å²) in [4.78, 5) is 11.0. The van der Waals surface area contributed by atoms with E-state index in [4.69, 9.17) is 23.2 Å². The highest BCUT2D eigenvalue weighted by Gasteiger charge is 2.33. The Morgan fingerprint density at radius 3 is 2.81 bits per heavy atom. The van der Waals surface area contributed by atoms with E-state index in [1.165, 1.54) is 6.92 Å². The third-order valence-corrected chi connectivity index (χ3v) is 3.59. The van der Waals surface area contributed by atoms with Crippen molar-refractivity contribution in [3.8, 4) is 0 Å². The molecule has 5 heteroatoms. The van der Waals surface area contributed by atoms with Crippen molar-refractivity contribution in [3.63, 3.8) is 0 Å². The van der Waals surface area contributed by atoms with Crippen molar-refractivity contribution in [2.75, 3.05) is 0 Å². The van der Waals surface area contributed by atoms with Crippen LogP contribution in [0.4, 0.5) is 0 Å². The maximum absolute atomic E-state index is 11.0. The number of nitrogens with one attached hydrogen (secondary N) is 1. The van der Waals surface area contributed by atoms with Crippen molar-refractivity contribution in [2.45, 2.75) is 25.5 Å². The maximum Gasteiger partial charge on any atom is 0.217 e. The summed E-state index contributed by atoms with van der Waals surface area (Å²) >= 11 is 11.9. The molecule has 0 fully saturated rings. The maximum atomic E-state index is 11.0. The number of amides is 1. The lowest BCUT2D eigenvalue weighted by molar-refractivity contribution is -0.120.